The molecule has 0 N–H and O–H groups in total. The highest BCUT2D eigenvalue weighted by molar-refractivity contribution is 5.51. The van der Waals surface area contributed by atoms with Crippen LogP contribution in [0.2, 0.25) is 0 Å². The number of hydrogen-bond donors (Lipinski definition) is 0. The van der Waals surface area contributed by atoms with Gasteiger partial charge in [0.2, 0.25) is 24.3 Å². The van der Waals surface area contributed by atoms with Crippen LogP contribution >= 0.6 is 0 Å². The van der Waals surface area contributed by atoms with Crippen LogP contribution in [0.5, 0.6) is 0 Å². The Kier molecular flexibility index (Phi) is 11.4. The van der Waals surface area contributed by atoms with Crippen LogP contribution in [0.15, 0.2) is 44.2 Å². The molecule has 8 nitrogen and oxygen atoms in total. The standard InChI is InChI=1S/C14H16N2O2.C10H8N2O2/c1-9-10(2)12(4)14(6-16-8-18)13(11(9)3)5-15-7-17;13-7-11-5-9-3-1-2-4-10(9)6-12-8-14/h5-6H2,1-4H3;1-4H,5-6H2. The Morgan fingerprint density at radius 1 is 0.531 bits per heavy atom. The zero-order valence-electron chi connectivity index (χ0n) is 18.6. The van der Waals surface area contributed by atoms with Gasteiger partial charge in [-0.3, -0.25) is 0 Å². The van der Waals surface area contributed by atoms with Crippen LogP contribution in [0.1, 0.15) is 44.5 Å². The lowest BCUT2D eigenvalue weighted by molar-refractivity contribution is 0.561. The molecule has 2 aromatic rings. The molecule has 0 bridgehead atoms. The molecule has 0 radical (unpaired) electrons. The van der Waals surface area contributed by atoms with E-state index in [-0.39, 0.29) is 26.2 Å². The van der Waals surface area contributed by atoms with Crippen molar-refractivity contribution in [2.45, 2.75) is 53.9 Å². The van der Waals surface area contributed by atoms with E-state index in [0.717, 1.165) is 33.4 Å². The fraction of sp³-hybridized carbons (Fsp3) is 0.333. The highest BCUT2D eigenvalue weighted by Gasteiger charge is 2.14. The van der Waals surface area contributed by atoms with Crippen LogP contribution in [0.3, 0.4) is 0 Å². The summed E-state index contributed by atoms with van der Waals surface area (Å²) in [4.78, 5) is 54.6. The smallest absolute Gasteiger partial charge is 0.211 e. The van der Waals surface area contributed by atoms with Gasteiger partial charge in [0.25, 0.3) is 0 Å². The van der Waals surface area contributed by atoms with Crippen molar-refractivity contribution in [3.8, 4) is 0 Å². The van der Waals surface area contributed by atoms with Crippen LogP contribution in [0.4, 0.5) is 0 Å². The molecular weight excluding hydrogens is 408 g/mol. The number of nitrogens with zero attached hydrogens (tertiary/aromatic N) is 4. The summed E-state index contributed by atoms with van der Waals surface area (Å²) in [5, 5.41) is 0. The van der Waals surface area contributed by atoms with Crippen molar-refractivity contribution in [2.24, 2.45) is 20.0 Å². The van der Waals surface area contributed by atoms with Gasteiger partial charge in [-0.2, -0.15) is 0 Å². The number of aliphatic imine (C=N–C) groups is 4. The molecule has 2 rings (SSSR count). The summed E-state index contributed by atoms with van der Waals surface area (Å²) in [6.45, 7) is 9.17. The summed E-state index contributed by atoms with van der Waals surface area (Å²) in [6.07, 6.45) is 6.03. The Morgan fingerprint density at radius 3 is 1.16 bits per heavy atom. The van der Waals surface area contributed by atoms with Crippen molar-refractivity contribution < 1.29 is 19.2 Å². The number of rotatable bonds is 8. The summed E-state index contributed by atoms with van der Waals surface area (Å²) in [5.41, 5.74) is 8.20. The van der Waals surface area contributed by atoms with E-state index in [1.807, 2.05) is 52.0 Å². The molecule has 0 atom stereocenters. The third kappa shape index (κ3) is 7.33. The SMILES string of the molecule is Cc1c(C)c(C)c(CN=C=O)c(CN=C=O)c1C.O=C=NCc1ccccc1CN=C=O. The van der Waals surface area contributed by atoms with E-state index >= 15 is 0 Å². The fourth-order valence-electron chi connectivity index (χ4n) is 3.22. The first kappa shape index (κ1) is 26.0. The van der Waals surface area contributed by atoms with Gasteiger partial charge in [0.05, 0.1) is 26.2 Å². The van der Waals surface area contributed by atoms with Gasteiger partial charge in [-0.05, 0) is 72.2 Å². The average molecular weight is 432 g/mol. The summed E-state index contributed by atoms with van der Waals surface area (Å²) in [6, 6.07) is 7.33. The largest absolute Gasteiger partial charge is 0.235 e. The van der Waals surface area contributed by atoms with Crippen molar-refractivity contribution >= 4 is 24.3 Å². The average Bonchev–Trinajstić information content (AvgIpc) is 2.81. The molecule has 8 heteroatoms. The van der Waals surface area contributed by atoms with Crippen molar-refractivity contribution in [3.05, 3.63) is 68.8 Å². The van der Waals surface area contributed by atoms with Gasteiger partial charge in [-0.1, -0.05) is 24.3 Å². The number of hydrogen-bond acceptors (Lipinski definition) is 8. The number of benzene rings is 2. The molecule has 0 saturated carbocycles. The van der Waals surface area contributed by atoms with Crippen molar-refractivity contribution in [1.82, 2.24) is 0 Å². The second kappa shape index (κ2) is 14.1. The van der Waals surface area contributed by atoms with E-state index in [1.54, 1.807) is 12.2 Å². The molecular formula is C24H24N4O4. The fourth-order valence-corrected chi connectivity index (χ4v) is 3.22. The first-order chi connectivity index (χ1) is 15.4. The van der Waals surface area contributed by atoms with Gasteiger partial charge >= 0.3 is 0 Å². The molecule has 0 aliphatic carbocycles. The Labute approximate surface area is 186 Å². The Bertz CT molecular complexity index is 1060. The summed E-state index contributed by atoms with van der Waals surface area (Å²) >= 11 is 0. The first-order valence-corrected chi connectivity index (χ1v) is 9.72. The minimum atomic E-state index is 0.272. The predicted octanol–water partition coefficient (Wildman–Crippen LogP) is 3.95. The third-order valence-corrected chi connectivity index (χ3v) is 5.31. The van der Waals surface area contributed by atoms with Gasteiger partial charge in [0.15, 0.2) is 0 Å². The van der Waals surface area contributed by atoms with Gasteiger partial charge < -0.3 is 0 Å². The van der Waals surface area contributed by atoms with Crippen molar-refractivity contribution in [1.29, 1.82) is 0 Å². The molecule has 164 valence electrons. The Hall–Kier alpha value is -4.04. The van der Waals surface area contributed by atoms with Crippen molar-refractivity contribution in [2.75, 3.05) is 0 Å². The van der Waals surface area contributed by atoms with E-state index in [2.05, 4.69) is 20.0 Å². The van der Waals surface area contributed by atoms with Gasteiger partial charge in [0.1, 0.15) is 0 Å². The zero-order valence-corrected chi connectivity index (χ0v) is 18.6. The molecule has 0 aliphatic rings. The summed E-state index contributed by atoms with van der Waals surface area (Å²) in [7, 11) is 0. The molecule has 0 spiro atoms. The highest BCUT2D eigenvalue weighted by Crippen LogP contribution is 2.27. The minimum Gasteiger partial charge on any atom is -0.211 e. The van der Waals surface area contributed by atoms with Crippen molar-refractivity contribution in [3.63, 3.8) is 0 Å². The topological polar surface area (TPSA) is 118 Å². The van der Waals surface area contributed by atoms with Crippen LogP contribution in [-0.2, 0) is 45.4 Å². The van der Waals surface area contributed by atoms with Crippen LogP contribution in [0, 0.1) is 27.7 Å². The monoisotopic (exact) mass is 432 g/mol. The van der Waals surface area contributed by atoms with E-state index < -0.39 is 0 Å². The molecule has 0 amide bonds. The lowest BCUT2D eigenvalue weighted by atomic mass is 9.89. The lowest BCUT2D eigenvalue weighted by Crippen LogP contribution is -2.05. The molecule has 0 fully saturated rings. The van der Waals surface area contributed by atoms with Crippen LogP contribution < -0.4 is 0 Å². The highest BCUT2D eigenvalue weighted by atomic mass is 16.1. The van der Waals surface area contributed by atoms with E-state index in [0.29, 0.717) is 0 Å². The maximum Gasteiger partial charge on any atom is 0.235 e. The second-order valence-corrected chi connectivity index (χ2v) is 6.86. The Morgan fingerprint density at radius 2 is 0.844 bits per heavy atom. The molecule has 2 aromatic carbocycles. The number of carbonyl (C=O) groups excluding carboxylic acids is 4. The maximum absolute atomic E-state index is 10.3. The number of isocyanates is 4. The summed E-state index contributed by atoms with van der Waals surface area (Å²) in [5.74, 6) is 0. The Balaban J connectivity index is 0.000000330. The molecule has 0 saturated heterocycles. The lowest BCUT2D eigenvalue weighted by Gasteiger charge is -2.18. The predicted molar refractivity (Wildman–Crippen MR) is 119 cm³/mol. The van der Waals surface area contributed by atoms with Gasteiger partial charge in [-0.25, -0.2) is 39.1 Å². The molecule has 0 aromatic heterocycles. The van der Waals surface area contributed by atoms with E-state index in [1.165, 1.54) is 23.3 Å². The first-order valence-electron chi connectivity index (χ1n) is 9.72. The van der Waals surface area contributed by atoms with Gasteiger partial charge in [-0.15, -0.1) is 0 Å². The van der Waals surface area contributed by atoms with Crippen LogP contribution in [-0.4, -0.2) is 24.3 Å². The molecule has 0 heterocycles. The molecule has 0 unspecified atom stereocenters. The van der Waals surface area contributed by atoms with Crippen LogP contribution in [0.25, 0.3) is 0 Å². The minimum absolute atomic E-state index is 0.272. The van der Waals surface area contributed by atoms with E-state index in [4.69, 9.17) is 0 Å². The zero-order chi connectivity index (χ0) is 23.9. The third-order valence-electron chi connectivity index (χ3n) is 5.31. The quantitative estimate of drug-likeness (QED) is 0.463. The van der Waals surface area contributed by atoms with E-state index in [9.17, 15) is 19.2 Å². The molecule has 0 aliphatic heterocycles. The normalized spacial score (nSPS) is 9.12. The second-order valence-electron chi connectivity index (χ2n) is 6.86. The maximum atomic E-state index is 10.3. The molecule has 32 heavy (non-hydrogen) atoms. The van der Waals surface area contributed by atoms with Gasteiger partial charge in [0, 0.05) is 0 Å². The summed E-state index contributed by atoms with van der Waals surface area (Å²) < 4.78 is 0.